The van der Waals surface area contributed by atoms with Gasteiger partial charge in [-0.15, -0.1) is 0 Å². The molecular weight excluding hydrogens is 180 g/mol. The van der Waals surface area contributed by atoms with Crippen molar-refractivity contribution < 1.29 is 9.47 Å². The van der Waals surface area contributed by atoms with Gasteiger partial charge in [-0.1, -0.05) is 0 Å². The Kier molecular flexibility index (Phi) is 5.40. The minimum Gasteiger partial charge on any atom is -0.382 e. The first-order valence-corrected chi connectivity index (χ1v) is 5.34. The van der Waals surface area contributed by atoms with E-state index in [0.717, 1.165) is 32.5 Å². The van der Waals surface area contributed by atoms with Crippen molar-refractivity contribution in [1.82, 2.24) is 5.43 Å². The molecule has 0 aromatic rings. The smallest absolute Gasteiger partial charge is 0.0558 e. The molecule has 3 N–H and O–H groups in total. The van der Waals surface area contributed by atoms with Crippen LogP contribution in [0.1, 0.15) is 26.2 Å². The van der Waals surface area contributed by atoms with Crippen molar-refractivity contribution in [3.63, 3.8) is 0 Å². The Morgan fingerprint density at radius 3 is 2.64 bits per heavy atom. The summed E-state index contributed by atoms with van der Waals surface area (Å²) in [5.41, 5.74) is 2.90. The van der Waals surface area contributed by atoms with Crippen LogP contribution in [0.3, 0.4) is 0 Å². The van der Waals surface area contributed by atoms with Crippen molar-refractivity contribution in [2.75, 3.05) is 20.3 Å². The summed E-state index contributed by atoms with van der Waals surface area (Å²) < 4.78 is 10.6. The van der Waals surface area contributed by atoms with E-state index < -0.39 is 0 Å². The highest BCUT2D eigenvalue weighted by Gasteiger charge is 2.24. The summed E-state index contributed by atoms with van der Waals surface area (Å²) in [7, 11) is 1.74. The number of methoxy groups -OCH3 is 1. The van der Waals surface area contributed by atoms with Crippen LogP contribution in [0.5, 0.6) is 0 Å². The van der Waals surface area contributed by atoms with Gasteiger partial charge in [0.15, 0.2) is 0 Å². The molecule has 0 amide bonds. The summed E-state index contributed by atoms with van der Waals surface area (Å²) in [6.07, 6.45) is 3.44. The van der Waals surface area contributed by atoms with E-state index in [0.29, 0.717) is 12.0 Å². The molecule has 1 saturated heterocycles. The van der Waals surface area contributed by atoms with Gasteiger partial charge < -0.3 is 9.47 Å². The monoisotopic (exact) mass is 202 g/mol. The van der Waals surface area contributed by atoms with E-state index in [-0.39, 0.29) is 6.10 Å². The van der Waals surface area contributed by atoms with Gasteiger partial charge in [0.1, 0.15) is 0 Å². The Balaban J connectivity index is 2.35. The molecule has 0 radical (unpaired) electrons. The van der Waals surface area contributed by atoms with Crippen LogP contribution in [-0.4, -0.2) is 32.5 Å². The number of hydrogen-bond donors (Lipinski definition) is 2. The van der Waals surface area contributed by atoms with Crippen LogP contribution >= 0.6 is 0 Å². The maximum absolute atomic E-state index is 5.56. The third-order valence-electron chi connectivity index (χ3n) is 3.04. The quantitative estimate of drug-likeness (QED) is 0.508. The Morgan fingerprint density at radius 1 is 1.50 bits per heavy atom. The van der Waals surface area contributed by atoms with Crippen molar-refractivity contribution in [2.24, 2.45) is 11.8 Å². The first-order chi connectivity index (χ1) is 6.77. The lowest BCUT2D eigenvalue weighted by atomic mass is 9.89. The summed E-state index contributed by atoms with van der Waals surface area (Å²) >= 11 is 0. The minimum absolute atomic E-state index is 0.263. The predicted octanol–water partition coefficient (Wildman–Crippen LogP) is 0.670. The van der Waals surface area contributed by atoms with Crippen molar-refractivity contribution in [3.05, 3.63) is 0 Å². The zero-order valence-corrected chi connectivity index (χ0v) is 9.16. The molecule has 4 heteroatoms. The molecule has 0 bridgehead atoms. The van der Waals surface area contributed by atoms with Crippen LogP contribution in [0, 0.1) is 5.92 Å². The highest BCUT2D eigenvalue weighted by Crippen LogP contribution is 2.21. The summed E-state index contributed by atoms with van der Waals surface area (Å²) in [5, 5.41) is 0. The highest BCUT2D eigenvalue weighted by molar-refractivity contribution is 4.78. The van der Waals surface area contributed by atoms with Crippen LogP contribution in [0.25, 0.3) is 0 Å². The van der Waals surface area contributed by atoms with Crippen LogP contribution in [0.2, 0.25) is 0 Å². The fraction of sp³-hybridized carbons (Fsp3) is 1.00. The molecule has 0 aliphatic carbocycles. The Bertz CT molecular complexity index is 149. The first kappa shape index (κ1) is 11.9. The molecule has 2 unspecified atom stereocenters. The fourth-order valence-corrected chi connectivity index (χ4v) is 1.97. The largest absolute Gasteiger partial charge is 0.382 e. The van der Waals surface area contributed by atoms with E-state index in [9.17, 15) is 0 Å². The van der Waals surface area contributed by atoms with Gasteiger partial charge >= 0.3 is 0 Å². The summed E-state index contributed by atoms with van der Waals surface area (Å²) in [5.74, 6) is 6.19. The van der Waals surface area contributed by atoms with Crippen LogP contribution in [0.15, 0.2) is 0 Å². The molecule has 14 heavy (non-hydrogen) atoms. The standard InChI is InChI=1S/C10H22N2O2/c1-8(13-2)7-10(12-11)9-3-5-14-6-4-9/h8-10,12H,3-7,11H2,1-2H3. The minimum atomic E-state index is 0.263. The maximum Gasteiger partial charge on any atom is 0.0558 e. The summed E-state index contributed by atoms with van der Waals surface area (Å²) in [6, 6.07) is 0.355. The topological polar surface area (TPSA) is 56.5 Å². The van der Waals surface area contributed by atoms with Gasteiger partial charge in [0.25, 0.3) is 0 Å². The molecule has 4 nitrogen and oxygen atoms in total. The van der Waals surface area contributed by atoms with Gasteiger partial charge in [-0.3, -0.25) is 11.3 Å². The lowest BCUT2D eigenvalue weighted by molar-refractivity contribution is 0.0375. The van der Waals surface area contributed by atoms with E-state index in [4.69, 9.17) is 15.3 Å². The van der Waals surface area contributed by atoms with Crippen LogP contribution in [-0.2, 0) is 9.47 Å². The Labute approximate surface area is 86.1 Å². The number of nitrogens with one attached hydrogen (secondary N) is 1. The molecule has 2 atom stereocenters. The number of nitrogens with two attached hydrogens (primary N) is 1. The molecular formula is C10H22N2O2. The lowest BCUT2D eigenvalue weighted by Gasteiger charge is -2.31. The second-order valence-corrected chi connectivity index (χ2v) is 4.00. The average Bonchev–Trinajstić information content (AvgIpc) is 2.26. The zero-order chi connectivity index (χ0) is 10.4. The van der Waals surface area contributed by atoms with Crippen molar-refractivity contribution in [3.8, 4) is 0 Å². The maximum atomic E-state index is 5.56. The van der Waals surface area contributed by atoms with Gasteiger partial charge in [0.2, 0.25) is 0 Å². The average molecular weight is 202 g/mol. The van der Waals surface area contributed by atoms with E-state index in [2.05, 4.69) is 12.3 Å². The van der Waals surface area contributed by atoms with Crippen molar-refractivity contribution in [2.45, 2.75) is 38.3 Å². The third kappa shape index (κ3) is 3.53. The van der Waals surface area contributed by atoms with Gasteiger partial charge in [-0.25, -0.2) is 0 Å². The number of rotatable bonds is 5. The second-order valence-electron chi connectivity index (χ2n) is 4.00. The molecule has 84 valence electrons. The number of hydrazine groups is 1. The lowest BCUT2D eigenvalue weighted by Crippen LogP contribution is -2.44. The van der Waals surface area contributed by atoms with E-state index in [1.54, 1.807) is 7.11 Å². The first-order valence-electron chi connectivity index (χ1n) is 5.34. The van der Waals surface area contributed by atoms with Crippen molar-refractivity contribution >= 4 is 0 Å². The fourth-order valence-electron chi connectivity index (χ4n) is 1.97. The zero-order valence-electron chi connectivity index (χ0n) is 9.16. The van der Waals surface area contributed by atoms with Crippen LogP contribution < -0.4 is 11.3 Å². The highest BCUT2D eigenvalue weighted by atomic mass is 16.5. The van der Waals surface area contributed by atoms with Gasteiger partial charge in [-0.05, 0) is 32.1 Å². The molecule has 1 rings (SSSR count). The molecule has 1 aliphatic rings. The molecule has 0 aromatic carbocycles. The number of ether oxygens (including phenoxy) is 2. The van der Waals surface area contributed by atoms with Gasteiger partial charge in [0.05, 0.1) is 6.10 Å². The number of hydrogen-bond acceptors (Lipinski definition) is 4. The van der Waals surface area contributed by atoms with E-state index in [1.165, 1.54) is 0 Å². The molecule has 1 fully saturated rings. The second kappa shape index (κ2) is 6.35. The predicted molar refractivity (Wildman–Crippen MR) is 55.7 cm³/mol. The van der Waals surface area contributed by atoms with E-state index >= 15 is 0 Å². The van der Waals surface area contributed by atoms with Gasteiger partial charge in [0, 0.05) is 26.4 Å². The Hall–Kier alpha value is -0.160. The molecule has 1 heterocycles. The molecule has 0 spiro atoms. The Morgan fingerprint density at radius 2 is 2.14 bits per heavy atom. The van der Waals surface area contributed by atoms with E-state index in [1.807, 2.05) is 0 Å². The molecule has 1 aliphatic heterocycles. The van der Waals surface area contributed by atoms with Crippen molar-refractivity contribution in [1.29, 1.82) is 0 Å². The SMILES string of the molecule is COC(C)CC(NN)C1CCOCC1. The summed E-state index contributed by atoms with van der Waals surface area (Å²) in [6.45, 7) is 3.80. The summed E-state index contributed by atoms with van der Waals surface area (Å²) in [4.78, 5) is 0. The van der Waals surface area contributed by atoms with Gasteiger partial charge in [-0.2, -0.15) is 0 Å². The molecule has 0 saturated carbocycles. The van der Waals surface area contributed by atoms with Crippen LogP contribution in [0.4, 0.5) is 0 Å². The third-order valence-corrected chi connectivity index (χ3v) is 3.04. The molecule has 0 aromatic heterocycles. The normalized spacial score (nSPS) is 23.4.